The molecule has 0 aliphatic heterocycles. The van der Waals surface area contributed by atoms with Crippen molar-refractivity contribution in [1.82, 2.24) is 5.32 Å². The van der Waals surface area contributed by atoms with Gasteiger partial charge in [-0.15, -0.1) is 0 Å². The summed E-state index contributed by atoms with van der Waals surface area (Å²) < 4.78 is 27.5. The van der Waals surface area contributed by atoms with Crippen molar-refractivity contribution < 1.29 is 8.78 Å². The average molecular weight is 304 g/mol. The summed E-state index contributed by atoms with van der Waals surface area (Å²) in [4.78, 5) is 0. The molecule has 94 valence electrons. The van der Waals surface area contributed by atoms with E-state index >= 15 is 0 Å². The van der Waals surface area contributed by atoms with Gasteiger partial charge in [-0.05, 0) is 53.2 Å². The Labute approximate surface area is 109 Å². The number of nitrogens with one attached hydrogen (secondary N) is 1. The van der Waals surface area contributed by atoms with E-state index in [1.54, 1.807) is 0 Å². The third-order valence-corrected chi connectivity index (χ3v) is 4.01. The Bertz CT molecular complexity index is 409. The second-order valence-electron chi connectivity index (χ2n) is 4.82. The standard InChI is InChI=1S/C13H16BrF2N/c1-8-2-3-9(6-8)17-7-10-12(15)5-4-11(14)13(10)16/h4-5,8-9,17H,2-3,6-7H2,1H3. The molecule has 4 heteroatoms. The van der Waals surface area contributed by atoms with E-state index in [1.165, 1.54) is 18.6 Å². The maximum Gasteiger partial charge on any atom is 0.144 e. The van der Waals surface area contributed by atoms with Gasteiger partial charge in [0.05, 0.1) is 4.47 Å². The first kappa shape index (κ1) is 13.0. The fourth-order valence-corrected chi connectivity index (χ4v) is 2.74. The van der Waals surface area contributed by atoms with E-state index in [0.29, 0.717) is 16.4 Å². The highest BCUT2D eigenvalue weighted by molar-refractivity contribution is 9.10. The van der Waals surface area contributed by atoms with E-state index in [0.717, 1.165) is 12.8 Å². The summed E-state index contributed by atoms with van der Waals surface area (Å²) in [5.41, 5.74) is 0.124. The quantitative estimate of drug-likeness (QED) is 0.832. The van der Waals surface area contributed by atoms with Crippen molar-refractivity contribution in [1.29, 1.82) is 0 Å². The fraction of sp³-hybridized carbons (Fsp3) is 0.538. The van der Waals surface area contributed by atoms with Gasteiger partial charge in [0, 0.05) is 18.2 Å². The molecule has 0 saturated heterocycles. The third kappa shape index (κ3) is 3.05. The van der Waals surface area contributed by atoms with Crippen molar-refractivity contribution in [3.05, 3.63) is 33.8 Å². The van der Waals surface area contributed by atoms with E-state index < -0.39 is 11.6 Å². The maximum absolute atomic E-state index is 13.7. The SMILES string of the molecule is CC1CCC(NCc2c(F)ccc(Br)c2F)C1. The molecule has 0 radical (unpaired) electrons. The van der Waals surface area contributed by atoms with Gasteiger partial charge in [-0.3, -0.25) is 0 Å². The van der Waals surface area contributed by atoms with Gasteiger partial charge in [0.25, 0.3) is 0 Å². The molecule has 0 heterocycles. The largest absolute Gasteiger partial charge is 0.310 e. The molecule has 0 bridgehead atoms. The van der Waals surface area contributed by atoms with E-state index in [2.05, 4.69) is 28.2 Å². The predicted octanol–water partition coefficient (Wildman–Crippen LogP) is 4.01. The highest BCUT2D eigenvalue weighted by atomic mass is 79.9. The summed E-state index contributed by atoms with van der Waals surface area (Å²) in [5.74, 6) is -0.266. The number of halogens is 3. The summed E-state index contributed by atoms with van der Waals surface area (Å²) in [6.07, 6.45) is 3.39. The molecule has 1 saturated carbocycles. The zero-order valence-corrected chi connectivity index (χ0v) is 11.4. The van der Waals surface area contributed by atoms with Gasteiger partial charge in [0.15, 0.2) is 0 Å². The molecule has 1 aliphatic carbocycles. The van der Waals surface area contributed by atoms with Crippen LogP contribution in [0.1, 0.15) is 31.7 Å². The van der Waals surface area contributed by atoms with Crippen LogP contribution >= 0.6 is 15.9 Å². The number of hydrogen-bond donors (Lipinski definition) is 1. The fourth-order valence-electron chi connectivity index (χ4n) is 2.37. The highest BCUT2D eigenvalue weighted by Gasteiger charge is 2.21. The molecule has 17 heavy (non-hydrogen) atoms. The van der Waals surface area contributed by atoms with Gasteiger partial charge in [0.1, 0.15) is 11.6 Å². The van der Waals surface area contributed by atoms with Gasteiger partial charge in [-0.25, -0.2) is 8.78 Å². The van der Waals surface area contributed by atoms with Crippen LogP contribution in [0.3, 0.4) is 0 Å². The lowest BCUT2D eigenvalue weighted by Gasteiger charge is -2.13. The van der Waals surface area contributed by atoms with Crippen LogP contribution in [0.15, 0.2) is 16.6 Å². The molecular formula is C13H16BrF2N. The molecule has 2 unspecified atom stereocenters. The first-order chi connectivity index (χ1) is 8.08. The molecule has 0 amide bonds. The molecule has 0 spiro atoms. The van der Waals surface area contributed by atoms with Crippen molar-refractivity contribution in [2.24, 2.45) is 5.92 Å². The minimum atomic E-state index is -0.497. The van der Waals surface area contributed by atoms with E-state index in [1.807, 2.05) is 0 Å². The van der Waals surface area contributed by atoms with Crippen molar-refractivity contribution in [3.8, 4) is 0 Å². The molecule has 1 aromatic rings. The van der Waals surface area contributed by atoms with E-state index in [-0.39, 0.29) is 12.1 Å². The van der Waals surface area contributed by atoms with Crippen LogP contribution in [0.5, 0.6) is 0 Å². The van der Waals surface area contributed by atoms with Crippen LogP contribution < -0.4 is 5.32 Å². The monoisotopic (exact) mass is 303 g/mol. The van der Waals surface area contributed by atoms with Gasteiger partial charge in [-0.2, -0.15) is 0 Å². The molecular weight excluding hydrogens is 288 g/mol. The lowest BCUT2D eigenvalue weighted by atomic mass is 10.1. The predicted molar refractivity (Wildman–Crippen MR) is 67.7 cm³/mol. The molecule has 2 rings (SSSR count). The lowest BCUT2D eigenvalue weighted by molar-refractivity contribution is 0.474. The smallest absolute Gasteiger partial charge is 0.144 e. The number of hydrogen-bond acceptors (Lipinski definition) is 1. The zero-order valence-electron chi connectivity index (χ0n) is 9.77. The first-order valence-corrected chi connectivity index (χ1v) is 6.73. The Morgan fingerprint density at radius 3 is 2.76 bits per heavy atom. The Balaban J connectivity index is 2.01. The minimum absolute atomic E-state index is 0.124. The summed E-state index contributed by atoms with van der Waals surface area (Å²) in [6, 6.07) is 3.08. The minimum Gasteiger partial charge on any atom is -0.310 e. The third-order valence-electron chi connectivity index (χ3n) is 3.40. The number of rotatable bonds is 3. The van der Waals surface area contributed by atoms with Crippen LogP contribution in [0, 0.1) is 17.6 Å². The van der Waals surface area contributed by atoms with Gasteiger partial charge < -0.3 is 5.32 Å². The Hall–Kier alpha value is -0.480. The van der Waals surface area contributed by atoms with Crippen LogP contribution in [-0.4, -0.2) is 6.04 Å². The molecule has 0 aromatic heterocycles. The van der Waals surface area contributed by atoms with E-state index in [4.69, 9.17) is 0 Å². The summed E-state index contributed by atoms with van der Waals surface area (Å²) >= 11 is 3.07. The molecule has 1 aliphatic rings. The van der Waals surface area contributed by atoms with Crippen LogP contribution in [-0.2, 0) is 6.54 Å². The second kappa shape index (κ2) is 5.44. The van der Waals surface area contributed by atoms with Crippen LogP contribution in [0.25, 0.3) is 0 Å². The van der Waals surface area contributed by atoms with Crippen molar-refractivity contribution >= 4 is 15.9 Å². The average Bonchev–Trinajstić information content (AvgIpc) is 2.70. The van der Waals surface area contributed by atoms with Crippen molar-refractivity contribution in [2.75, 3.05) is 0 Å². The van der Waals surface area contributed by atoms with Crippen molar-refractivity contribution in [3.63, 3.8) is 0 Å². The zero-order chi connectivity index (χ0) is 12.4. The lowest BCUT2D eigenvalue weighted by Crippen LogP contribution is -2.26. The van der Waals surface area contributed by atoms with Gasteiger partial charge in [-0.1, -0.05) is 6.92 Å². The second-order valence-corrected chi connectivity index (χ2v) is 5.67. The topological polar surface area (TPSA) is 12.0 Å². The Morgan fingerprint density at radius 2 is 2.12 bits per heavy atom. The van der Waals surface area contributed by atoms with Crippen LogP contribution in [0.4, 0.5) is 8.78 Å². The number of benzene rings is 1. The normalized spacial score (nSPS) is 24.2. The van der Waals surface area contributed by atoms with E-state index in [9.17, 15) is 8.78 Å². The highest BCUT2D eigenvalue weighted by Crippen LogP contribution is 2.26. The molecule has 1 nitrogen and oxygen atoms in total. The summed E-state index contributed by atoms with van der Waals surface area (Å²) in [5, 5.41) is 3.24. The first-order valence-electron chi connectivity index (χ1n) is 5.93. The Kier molecular flexibility index (Phi) is 4.15. The molecule has 1 fully saturated rings. The van der Waals surface area contributed by atoms with Gasteiger partial charge >= 0.3 is 0 Å². The molecule has 1 aromatic carbocycles. The van der Waals surface area contributed by atoms with Gasteiger partial charge in [0.2, 0.25) is 0 Å². The molecule has 2 atom stereocenters. The van der Waals surface area contributed by atoms with Crippen molar-refractivity contribution in [2.45, 2.75) is 38.8 Å². The maximum atomic E-state index is 13.7. The summed E-state index contributed by atoms with van der Waals surface area (Å²) in [7, 11) is 0. The Morgan fingerprint density at radius 1 is 1.35 bits per heavy atom. The summed E-state index contributed by atoms with van der Waals surface area (Å²) in [6.45, 7) is 2.47. The van der Waals surface area contributed by atoms with Crippen LogP contribution in [0.2, 0.25) is 0 Å². The molecule has 1 N–H and O–H groups in total.